The summed E-state index contributed by atoms with van der Waals surface area (Å²) in [6.07, 6.45) is 0. The van der Waals surface area contributed by atoms with E-state index in [9.17, 15) is 5.11 Å². The summed E-state index contributed by atoms with van der Waals surface area (Å²) in [6.45, 7) is 4.56. The van der Waals surface area contributed by atoms with Gasteiger partial charge in [-0.3, -0.25) is 0 Å². The van der Waals surface area contributed by atoms with Crippen LogP contribution in [-0.2, 0) is 18.0 Å². The van der Waals surface area contributed by atoms with Crippen molar-refractivity contribution >= 4 is 0 Å². The average Bonchev–Trinajstić information content (AvgIpc) is 3.25. The Morgan fingerprint density at radius 3 is 2.40 bits per heavy atom. The fourth-order valence-electron chi connectivity index (χ4n) is 3.61. The molecule has 0 saturated heterocycles. The van der Waals surface area contributed by atoms with E-state index in [-0.39, 0.29) is 6.61 Å². The van der Waals surface area contributed by atoms with Gasteiger partial charge in [-0.25, -0.2) is 0 Å². The lowest BCUT2D eigenvalue weighted by molar-refractivity contribution is 0.185. The summed E-state index contributed by atoms with van der Waals surface area (Å²) in [6, 6.07) is 20.2. The van der Waals surface area contributed by atoms with E-state index in [2.05, 4.69) is 35.3 Å². The minimum Gasteiger partial charge on any atom is -0.392 e. The Kier molecular flexibility index (Phi) is 5.74. The zero-order valence-electron chi connectivity index (χ0n) is 17.3. The van der Waals surface area contributed by atoms with E-state index in [0.29, 0.717) is 18.3 Å². The Morgan fingerprint density at radius 2 is 1.67 bits per heavy atom. The van der Waals surface area contributed by atoms with Crippen molar-refractivity contribution in [1.82, 2.24) is 10.1 Å². The molecule has 0 unspecified atom stereocenters. The standard InChI is InChI=1S/C25H24N2O3/c1-16-6-4-5-7-22(16)23-11-10-19(13-21(23)15-29-3)25-26-24(27-30-25)18-8-9-20(14-28)17(2)12-18/h4-13,28H,14-15H2,1-3H3. The van der Waals surface area contributed by atoms with Crippen LogP contribution in [0.15, 0.2) is 65.2 Å². The minimum absolute atomic E-state index is 0.0130. The quantitative estimate of drug-likeness (QED) is 0.474. The fraction of sp³-hybridized carbons (Fsp3) is 0.200. The highest BCUT2D eigenvalue weighted by molar-refractivity contribution is 5.74. The second-order valence-electron chi connectivity index (χ2n) is 7.34. The molecule has 1 heterocycles. The van der Waals surface area contributed by atoms with Gasteiger partial charge in [0.25, 0.3) is 5.89 Å². The van der Waals surface area contributed by atoms with E-state index in [1.807, 2.05) is 49.4 Å². The molecular formula is C25H24N2O3. The number of ether oxygens (including phenoxy) is 1. The topological polar surface area (TPSA) is 68.4 Å². The van der Waals surface area contributed by atoms with Gasteiger partial charge in [0.05, 0.1) is 13.2 Å². The Hall–Kier alpha value is -3.28. The monoisotopic (exact) mass is 400 g/mol. The van der Waals surface area contributed by atoms with Crippen LogP contribution in [0, 0.1) is 13.8 Å². The van der Waals surface area contributed by atoms with Gasteiger partial charge in [0.1, 0.15) is 0 Å². The highest BCUT2D eigenvalue weighted by Crippen LogP contribution is 2.31. The predicted octanol–water partition coefficient (Wildman–Crippen LogP) is 5.33. The number of hydrogen-bond donors (Lipinski definition) is 1. The predicted molar refractivity (Wildman–Crippen MR) is 117 cm³/mol. The van der Waals surface area contributed by atoms with Gasteiger partial charge in [-0.1, -0.05) is 47.6 Å². The second kappa shape index (κ2) is 8.61. The summed E-state index contributed by atoms with van der Waals surface area (Å²) in [5, 5.41) is 13.5. The van der Waals surface area contributed by atoms with Crippen LogP contribution in [0.25, 0.3) is 34.0 Å². The Balaban J connectivity index is 1.71. The molecule has 152 valence electrons. The molecule has 0 aliphatic rings. The Bertz CT molecular complexity index is 1180. The van der Waals surface area contributed by atoms with Crippen LogP contribution in [0.4, 0.5) is 0 Å². The highest BCUT2D eigenvalue weighted by atomic mass is 16.5. The maximum Gasteiger partial charge on any atom is 0.258 e. The third-order valence-electron chi connectivity index (χ3n) is 5.28. The van der Waals surface area contributed by atoms with Gasteiger partial charge in [0.15, 0.2) is 0 Å². The minimum atomic E-state index is 0.0130. The molecule has 0 radical (unpaired) electrons. The van der Waals surface area contributed by atoms with Crippen molar-refractivity contribution in [2.24, 2.45) is 0 Å². The smallest absolute Gasteiger partial charge is 0.258 e. The van der Waals surface area contributed by atoms with Crippen molar-refractivity contribution in [2.75, 3.05) is 7.11 Å². The SMILES string of the molecule is COCc1cc(-c2nc(-c3ccc(CO)c(C)c3)no2)ccc1-c1ccccc1C. The molecule has 0 spiro atoms. The molecule has 5 heteroatoms. The zero-order chi connectivity index (χ0) is 21.1. The molecule has 0 atom stereocenters. The number of aromatic nitrogens is 2. The van der Waals surface area contributed by atoms with Crippen LogP contribution >= 0.6 is 0 Å². The molecule has 30 heavy (non-hydrogen) atoms. The van der Waals surface area contributed by atoms with Gasteiger partial charge in [-0.2, -0.15) is 4.98 Å². The molecule has 1 aromatic heterocycles. The fourth-order valence-corrected chi connectivity index (χ4v) is 3.61. The molecular weight excluding hydrogens is 376 g/mol. The number of hydrogen-bond acceptors (Lipinski definition) is 5. The summed E-state index contributed by atoms with van der Waals surface area (Å²) < 4.78 is 11.0. The number of aliphatic hydroxyl groups is 1. The summed E-state index contributed by atoms with van der Waals surface area (Å²) in [5.74, 6) is 0.983. The lowest BCUT2D eigenvalue weighted by Crippen LogP contribution is -1.95. The molecule has 4 rings (SSSR count). The third-order valence-corrected chi connectivity index (χ3v) is 5.28. The van der Waals surface area contributed by atoms with Crippen LogP contribution in [0.5, 0.6) is 0 Å². The van der Waals surface area contributed by atoms with Crippen molar-refractivity contribution in [3.8, 4) is 34.0 Å². The Labute approximate surface area is 176 Å². The number of methoxy groups -OCH3 is 1. The van der Waals surface area contributed by atoms with E-state index >= 15 is 0 Å². The van der Waals surface area contributed by atoms with Gasteiger partial charge in [-0.15, -0.1) is 0 Å². The van der Waals surface area contributed by atoms with Crippen LogP contribution in [0.2, 0.25) is 0 Å². The van der Waals surface area contributed by atoms with Crippen LogP contribution in [-0.4, -0.2) is 22.4 Å². The molecule has 4 aromatic rings. The first kappa shape index (κ1) is 20.0. The van der Waals surface area contributed by atoms with E-state index in [1.54, 1.807) is 7.11 Å². The first-order chi connectivity index (χ1) is 14.6. The number of rotatable bonds is 6. The third kappa shape index (κ3) is 3.90. The van der Waals surface area contributed by atoms with E-state index in [0.717, 1.165) is 33.4 Å². The van der Waals surface area contributed by atoms with E-state index in [1.165, 1.54) is 11.1 Å². The van der Waals surface area contributed by atoms with Crippen molar-refractivity contribution in [3.63, 3.8) is 0 Å². The highest BCUT2D eigenvalue weighted by Gasteiger charge is 2.15. The van der Waals surface area contributed by atoms with Gasteiger partial charge in [-0.05, 0) is 65.4 Å². The maximum atomic E-state index is 9.36. The number of aliphatic hydroxyl groups excluding tert-OH is 1. The molecule has 5 nitrogen and oxygen atoms in total. The summed E-state index contributed by atoms with van der Waals surface area (Å²) in [7, 11) is 1.69. The van der Waals surface area contributed by atoms with E-state index in [4.69, 9.17) is 9.26 Å². The molecule has 0 saturated carbocycles. The zero-order valence-corrected chi connectivity index (χ0v) is 17.3. The average molecular weight is 400 g/mol. The normalized spacial score (nSPS) is 11.1. The van der Waals surface area contributed by atoms with Gasteiger partial charge < -0.3 is 14.4 Å². The van der Waals surface area contributed by atoms with Crippen LogP contribution < -0.4 is 0 Å². The van der Waals surface area contributed by atoms with E-state index < -0.39 is 0 Å². The van der Waals surface area contributed by atoms with Crippen LogP contribution in [0.1, 0.15) is 22.3 Å². The number of aryl methyl sites for hydroxylation is 2. The first-order valence-corrected chi connectivity index (χ1v) is 9.83. The van der Waals surface area contributed by atoms with Gasteiger partial charge in [0.2, 0.25) is 5.82 Å². The maximum absolute atomic E-state index is 9.36. The van der Waals surface area contributed by atoms with Gasteiger partial charge >= 0.3 is 0 Å². The lowest BCUT2D eigenvalue weighted by Gasteiger charge is -2.12. The number of nitrogens with zero attached hydrogens (tertiary/aromatic N) is 2. The molecule has 0 aliphatic heterocycles. The van der Waals surface area contributed by atoms with Crippen molar-refractivity contribution < 1.29 is 14.4 Å². The molecule has 0 amide bonds. The van der Waals surface area contributed by atoms with Gasteiger partial charge in [0, 0.05) is 18.2 Å². The lowest BCUT2D eigenvalue weighted by atomic mass is 9.94. The number of benzene rings is 3. The first-order valence-electron chi connectivity index (χ1n) is 9.83. The molecule has 3 aromatic carbocycles. The molecule has 0 fully saturated rings. The molecule has 0 bridgehead atoms. The summed E-state index contributed by atoms with van der Waals surface area (Å²) in [5.41, 5.74) is 8.17. The van der Waals surface area contributed by atoms with Crippen molar-refractivity contribution in [3.05, 3.63) is 82.9 Å². The van der Waals surface area contributed by atoms with Crippen molar-refractivity contribution in [1.29, 1.82) is 0 Å². The Morgan fingerprint density at radius 1 is 0.867 bits per heavy atom. The summed E-state index contributed by atoms with van der Waals surface area (Å²) >= 11 is 0. The van der Waals surface area contributed by atoms with Crippen LogP contribution in [0.3, 0.4) is 0 Å². The summed E-state index contributed by atoms with van der Waals surface area (Å²) in [4.78, 5) is 4.59. The molecule has 0 aliphatic carbocycles. The molecule has 1 N–H and O–H groups in total. The largest absolute Gasteiger partial charge is 0.392 e. The van der Waals surface area contributed by atoms with Crippen molar-refractivity contribution in [2.45, 2.75) is 27.1 Å². The second-order valence-corrected chi connectivity index (χ2v) is 7.34.